The zero-order chi connectivity index (χ0) is 29.4. The van der Waals surface area contributed by atoms with Gasteiger partial charge in [0.2, 0.25) is 0 Å². The molecule has 1 aliphatic carbocycles. The van der Waals surface area contributed by atoms with Gasteiger partial charge in [0.05, 0.1) is 6.10 Å². The topological polar surface area (TPSA) is 65.0 Å². The molecule has 0 amide bonds. The van der Waals surface area contributed by atoms with E-state index in [1.54, 1.807) is 0 Å². The Balaban J connectivity index is 3.75. The number of aliphatic hydroxyl groups is 1. The second-order valence-electron chi connectivity index (χ2n) is 8.62. The zero-order valence-electron chi connectivity index (χ0n) is 19.5. The third-order valence-electron chi connectivity index (χ3n) is 6.08. The molecule has 5 unspecified atom stereocenters. The molecule has 17 heteroatoms. The van der Waals surface area contributed by atoms with Crippen LogP contribution in [0.25, 0.3) is 0 Å². The Bertz CT molecular complexity index is 798. The first-order chi connectivity index (χ1) is 16.3. The summed E-state index contributed by atoms with van der Waals surface area (Å²) >= 11 is 0. The van der Waals surface area contributed by atoms with Crippen molar-refractivity contribution in [3.05, 3.63) is 12.2 Å². The number of carbonyl (C=O) groups is 1. The van der Waals surface area contributed by atoms with Crippen LogP contribution in [0.5, 0.6) is 0 Å². The number of rotatable bonds is 8. The fraction of sp³-hybridized carbons (Fsp3) is 0.850. The number of halogens is 12. The van der Waals surface area contributed by atoms with E-state index in [-0.39, 0.29) is 13.5 Å². The summed E-state index contributed by atoms with van der Waals surface area (Å²) in [5, 5.41) is 10.1. The van der Waals surface area contributed by atoms with Crippen LogP contribution in [0.4, 0.5) is 52.7 Å². The standard InChI is InChI=1S/C20H24F12O5/c1-5-35-10(3)36-13-7-11(15(4,34)18(24,25)26)6-12(8-13)16(19(27,28)29,20(30,31)32)37-14(33)9(2)17(21,22)23/h10-13,34H,2,5-8H2,1,3-4H3. The summed E-state index contributed by atoms with van der Waals surface area (Å²) in [6, 6.07) is 0. The molecule has 0 aromatic carbocycles. The van der Waals surface area contributed by atoms with Crippen LogP contribution in [0.2, 0.25) is 0 Å². The average Bonchev–Trinajstić information content (AvgIpc) is 2.67. The van der Waals surface area contributed by atoms with Crippen LogP contribution in [0, 0.1) is 11.8 Å². The highest BCUT2D eigenvalue weighted by atomic mass is 19.4. The molecule has 1 saturated carbocycles. The van der Waals surface area contributed by atoms with Gasteiger partial charge in [-0.05, 0) is 46.0 Å². The first kappa shape index (κ1) is 33.3. The lowest BCUT2D eigenvalue weighted by molar-refractivity contribution is -0.393. The van der Waals surface area contributed by atoms with Crippen molar-refractivity contribution in [2.24, 2.45) is 11.8 Å². The molecule has 0 aromatic rings. The summed E-state index contributed by atoms with van der Waals surface area (Å²) in [4.78, 5) is 11.8. The molecule has 1 fully saturated rings. The van der Waals surface area contributed by atoms with Gasteiger partial charge in [-0.3, -0.25) is 0 Å². The highest BCUT2D eigenvalue weighted by molar-refractivity contribution is 5.89. The molecule has 1 rings (SSSR count). The molecule has 218 valence electrons. The van der Waals surface area contributed by atoms with E-state index < -0.39 is 90.9 Å². The Morgan fingerprint density at radius 3 is 1.73 bits per heavy atom. The van der Waals surface area contributed by atoms with E-state index in [9.17, 15) is 62.6 Å². The van der Waals surface area contributed by atoms with Gasteiger partial charge in [-0.15, -0.1) is 0 Å². The van der Waals surface area contributed by atoms with Crippen LogP contribution < -0.4 is 0 Å². The normalized spacial score (nSPS) is 24.8. The fourth-order valence-electron chi connectivity index (χ4n) is 4.09. The number of ether oxygens (including phenoxy) is 3. The second kappa shape index (κ2) is 10.8. The Morgan fingerprint density at radius 2 is 1.35 bits per heavy atom. The quantitative estimate of drug-likeness (QED) is 0.167. The number of esters is 1. The summed E-state index contributed by atoms with van der Waals surface area (Å²) in [5.74, 6) is -8.69. The summed E-state index contributed by atoms with van der Waals surface area (Å²) in [7, 11) is 0. The molecular weight excluding hydrogens is 548 g/mol. The van der Waals surface area contributed by atoms with Crippen molar-refractivity contribution in [1.82, 2.24) is 0 Å². The molecule has 5 atom stereocenters. The first-order valence-electron chi connectivity index (χ1n) is 10.5. The molecule has 0 aromatic heterocycles. The third kappa shape index (κ3) is 7.02. The highest BCUT2D eigenvalue weighted by Gasteiger charge is 2.78. The maximum absolute atomic E-state index is 14.1. The van der Waals surface area contributed by atoms with Gasteiger partial charge < -0.3 is 19.3 Å². The lowest BCUT2D eigenvalue weighted by Crippen LogP contribution is -2.67. The molecule has 1 N–H and O–H groups in total. The van der Waals surface area contributed by atoms with Crippen LogP contribution >= 0.6 is 0 Å². The van der Waals surface area contributed by atoms with E-state index >= 15 is 0 Å². The van der Waals surface area contributed by atoms with Crippen LogP contribution in [0.3, 0.4) is 0 Å². The van der Waals surface area contributed by atoms with Gasteiger partial charge in [-0.1, -0.05) is 6.58 Å². The van der Waals surface area contributed by atoms with E-state index in [1.807, 2.05) is 0 Å². The van der Waals surface area contributed by atoms with E-state index in [0.29, 0.717) is 0 Å². The van der Waals surface area contributed by atoms with Crippen LogP contribution in [0.15, 0.2) is 12.2 Å². The largest absolute Gasteiger partial charge is 0.437 e. The molecule has 0 saturated heterocycles. The van der Waals surface area contributed by atoms with Crippen molar-refractivity contribution in [2.45, 2.75) is 88.3 Å². The van der Waals surface area contributed by atoms with Gasteiger partial charge >= 0.3 is 36.3 Å². The second-order valence-corrected chi connectivity index (χ2v) is 8.62. The predicted molar refractivity (Wildman–Crippen MR) is 99.6 cm³/mol. The zero-order valence-corrected chi connectivity index (χ0v) is 19.5. The molecule has 0 bridgehead atoms. The molecule has 0 heterocycles. The number of hydrogen-bond acceptors (Lipinski definition) is 5. The van der Waals surface area contributed by atoms with Crippen molar-refractivity contribution in [2.75, 3.05) is 6.61 Å². The molecule has 1 aliphatic rings. The third-order valence-corrected chi connectivity index (χ3v) is 6.08. The lowest BCUT2D eigenvalue weighted by Gasteiger charge is -2.49. The van der Waals surface area contributed by atoms with Gasteiger partial charge in [-0.2, -0.15) is 52.7 Å². The number of carbonyl (C=O) groups excluding carboxylic acids is 1. The minimum atomic E-state index is -6.67. The molecule has 0 spiro atoms. The maximum Gasteiger partial charge on any atom is 0.437 e. The molecule has 0 aliphatic heterocycles. The van der Waals surface area contributed by atoms with Crippen molar-refractivity contribution in [1.29, 1.82) is 0 Å². The van der Waals surface area contributed by atoms with Gasteiger partial charge in [0.15, 0.2) is 11.9 Å². The summed E-state index contributed by atoms with van der Waals surface area (Å²) in [5.41, 5.74) is -12.3. The van der Waals surface area contributed by atoms with Gasteiger partial charge in [0, 0.05) is 12.5 Å². The van der Waals surface area contributed by atoms with Crippen molar-refractivity contribution in [3.63, 3.8) is 0 Å². The van der Waals surface area contributed by atoms with E-state index in [2.05, 4.69) is 11.3 Å². The van der Waals surface area contributed by atoms with Gasteiger partial charge in [0.25, 0.3) is 0 Å². The summed E-state index contributed by atoms with van der Waals surface area (Å²) in [6.45, 7) is 4.71. The van der Waals surface area contributed by atoms with Gasteiger partial charge in [0.1, 0.15) is 5.57 Å². The smallest absolute Gasteiger partial charge is 0.436 e. The van der Waals surface area contributed by atoms with Crippen molar-refractivity contribution < 1.29 is 76.8 Å². The van der Waals surface area contributed by atoms with E-state index in [4.69, 9.17) is 9.47 Å². The summed E-state index contributed by atoms with van der Waals surface area (Å²) < 4.78 is 177. The minimum Gasteiger partial charge on any atom is -0.436 e. The Kier molecular flexibility index (Phi) is 9.70. The van der Waals surface area contributed by atoms with E-state index in [1.165, 1.54) is 6.92 Å². The highest BCUT2D eigenvalue weighted by Crippen LogP contribution is 2.57. The molecular formula is C20H24F12O5. The fourth-order valence-corrected chi connectivity index (χ4v) is 4.09. The SMILES string of the molecule is C=C(C(=O)OC(C1CC(OC(C)OCC)CC(C(C)(O)C(F)(F)F)C1)(C(F)(F)F)C(F)(F)F)C(F)(F)F. The van der Waals surface area contributed by atoms with Crippen LogP contribution in [-0.2, 0) is 19.0 Å². The summed E-state index contributed by atoms with van der Waals surface area (Å²) in [6.07, 6.45) is -31.8. The Morgan fingerprint density at radius 1 is 0.892 bits per heavy atom. The number of hydrogen-bond donors (Lipinski definition) is 1. The minimum absolute atomic E-state index is 0.0762. The van der Waals surface area contributed by atoms with E-state index in [0.717, 1.165) is 6.92 Å². The number of alkyl halides is 12. The Hall–Kier alpha value is -1.75. The molecule has 0 radical (unpaired) electrons. The van der Waals surface area contributed by atoms with Crippen LogP contribution in [-0.4, -0.2) is 66.0 Å². The van der Waals surface area contributed by atoms with Crippen molar-refractivity contribution in [3.8, 4) is 0 Å². The monoisotopic (exact) mass is 572 g/mol. The molecule has 37 heavy (non-hydrogen) atoms. The first-order valence-corrected chi connectivity index (χ1v) is 10.5. The Labute approximate surface area is 202 Å². The molecule has 5 nitrogen and oxygen atoms in total. The van der Waals surface area contributed by atoms with Crippen LogP contribution in [0.1, 0.15) is 40.0 Å². The predicted octanol–water partition coefficient (Wildman–Crippen LogP) is 6.01. The van der Waals surface area contributed by atoms with Gasteiger partial charge in [-0.25, -0.2) is 4.79 Å². The average molecular weight is 572 g/mol. The lowest BCUT2D eigenvalue weighted by atomic mass is 9.66. The maximum atomic E-state index is 14.1. The van der Waals surface area contributed by atoms with Crippen molar-refractivity contribution >= 4 is 5.97 Å².